The topological polar surface area (TPSA) is 116 Å². The molecule has 7 heteroatoms. The molecule has 0 bridgehead atoms. The van der Waals surface area contributed by atoms with Crippen LogP contribution in [0.3, 0.4) is 0 Å². The maximum Gasteiger partial charge on any atom is 0.335 e. The number of hydrogen-bond acceptors (Lipinski definition) is 6. The van der Waals surface area contributed by atoms with E-state index in [4.69, 9.17) is 14.6 Å². The zero-order valence-electron chi connectivity index (χ0n) is 9.90. The smallest absolute Gasteiger partial charge is 0.335 e. The van der Waals surface area contributed by atoms with Crippen LogP contribution in [0.4, 0.5) is 0 Å². The maximum absolute atomic E-state index is 10.9. The lowest BCUT2D eigenvalue weighted by Gasteiger charge is -2.41. The highest BCUT2D eigenvalue weighted by Crippen LogP contribution is 2.26. The third kappa shape index (κ3) is 3.36. The highest BCUT2D eigenvalue weighted by molar-refractivity contribution is 5.73. The van der Waals surface area contributed by atoms with Crippen LogP contribution in [0.2, 0.25) is 0 Å². The molecule has 0 aromatic heterocycles. The predicted molar refractivity (Wildman–Crippen MR) is 55.2 cm³/mol. The minimum atomic E-state index is -1.74. The van der Waals surface area contributed by atoms with Gasteiger partial charge in [-0.2, -0.15) is 0 Å². The van der Waals surface area contributed by atoms with Gasteiger partial charge in [-0.05, 0) is 20.8 Å². The third-order valence-electron chi connectivity index (χ3n) is 2.30. The van der Waals surface area contributed by atoms with Crippen LogP contribution in [0.1, 0.15) is 20.8 Å². The molecule has 5 atom stereocenters. The van der Waals surface area contributed by atoms with E-state index in [2.05, 4.69) is 0 Å². The van der Waals surface area contributed by atoms with Gasteiger partial charge in [-0.15, -0.1) is 0 Å². The largest absolute Gasteiger partial charge is 0.479 e. The van der Waals surface area contributed by atoms with Gasteiger partial charge in [0.25, 0.3) is 0 Å². The summed E-state index contributed by atoms with van der Waals surface area (Å²) >= 11 is 0. The van der Waals surface area contributed by atoms with Crippen molar-refractivity contribution in [2.24, 2.45) is 0 Å². The predicted octanol–water partition coefficient (Wildman–Crippen LogP) is -1.31. The number of aliphatic carboxylic acids is 1. The summed E-state index contributed by atoms with van der Waals surface area (Å²) < 4.78 is 10.1. The van der Waals surface area contributed by atoms with Crippen LogP contribution in [-0.2, 0) is 14.3 Å². The second kappa shape index (κ2) is 4.87. The molecule has 4 N–H and O–H groups in total. The Morgan fingerprint density at radius 3 is 2.12 bits per heavy atom. The Balaban J connectivity index is 2.90. The molecule has 0 unspecified atom stereocenters. The van der Waals surface area contributed by atoms with Gasteiger partial charge >= 0.3 is 5.97 Å². The number of ether oxygens (including phenoxy) is 2. The molecule has 1 fully saturated rings. The summed E-state index contributed by atoms with van der Waals surface area (Å²) in [5, 5.41) is 37.3. The Kier molecular flexibility index (Phi) is 4.11. The van der Waals surface area contributed by atoms with E-state index in [1.807, 2.05) is 0 Å². The molecule has 0 aromatic carbocycles. The lowest BCUT2D eigenvalue weighted by atomic mass is 9.97. The number of aliphatic hydroxyl groups is 3. The van der Waals surface area contributed by atoms with Gasteiger partial charge in [-0.1, -0.05) is 0 Å². The van der Waals surface area contributed by atoms with Crippen LogP contribution < -0.4 is 0 Å². The maximum atomic E-state index is 10.9. The summed E-state index contributed by atoms with van der Waals surface area (Å²) in [4.78, 5) is 10.9. The Bertz CT molecular complexity index is 285. The normalized spacial score (nSPS) is 39.1. The second-order valence-electron chi connectivity index (χ2n) is 4.96. The third-order valence-corrected chi connectivity index (χ3v) is 2.30. The molecule has 0 amide bonds. The Morgan fingerprint density at radius 1 is 1.18 bits per heavy atom. The summed E-state index contributed by atoms with van der Waals surface area (Å²) in [6.45, 7) is 5.03. The number of rotatable bonds is 2. The SMILES string of the molecule is CC(C)(C)O[C@H]1[C@H](O)[C@@H](O)[C@H](O)O[C@@H]1C(=O)O. The van der Waals surface area contributed by atoms with E-state index in [1.54, 1.807) is 20.8 Å². The van der Waals surface area contributed by atoms with E-state index in [0.29, 0.717) is 0 Å². The van der Waals surface area contributed by atoms with Crippen LogP contribution in [0.5, 0.6) is 0 Å². The molecule has 1 saturated heterocycles. The zero-order chi connectivity index (χ0) is 13.4. The molecule has 1 heterocycles. The van der Waals surface area contributed by atoms with Gasteiger partial charge in [0.05, 0.1) is 5.60 Å². The minimum absolute atomic E-state index is 0.718. The molecule has 0 spiro atoms. The van der Waals surface area contributed by atoms with Gasteiger partial charge in [0.15, 0.2) is 12.4 Å². The van der Waals surface area contributed by atoms with Gasteiger partial charge < -0.3 is 29.9 Å². The summed E-state index contributed by atoms with van der Waals surface area (Å²) in [7, 11) is 0. The zero-order valence-corrected chi connectivity index (χ0v) is 9.90. The van der Waals surface area contributed by atoms with Crippen LogP contribution in [0, 0.1) is 0 Å². The fourth-order valence-corrected chi connectivity index (χ4v) is 1.59. The average Bonchev–Trinajstić information content (AvgIpc) is 2.16. The van der Waals surface area contributed by atoms with Gasteiger partial charge in [0.2, 0.25) is 0 Å². The van der Waals surface area contributed by atoms with Gasteiger partial charge in [-0.25, -0.2) is 4.79 Å². The van der Waals surface area contributed by atoms with Crippen molar-refractivity contribution in [3.8, 4) is 0 Å². The van der Waals surface area contributed by atoms with Gasteiger partial charge in [-0.3, -0.25) is 0 Å². The lowest BCUT2D eigenvalue weighted by Crippen LogP contribution is -2.61. The van der Waals surface area contributed by atoms with E-state index in [9.17, 15) is 20.1 Å². The first-order valence-electron chi connectivity index (χ1n) is 5.24. The van der Waals surface area contributed by atoms with Crippen molar-refractivity contribution in [1.29, 1.82) is 0 Å². The highest BCUT2D eigenvalue weighted by atomic mass is 16.7. The van der Waals surface area contributed by atoms with Gasteiger partial charge in [0.1, 0.15) is 18.3 Å². The number of hydrogen-bond donors (Lipinski definition) is 4. The molecular weight excluding hydrogens is 232 g/mol. The summed E-state index contributed by atoms with van der Waals surface area (Å²) in [6, 6.07) is 0. The van der Waals surface area contributed by atoms with E-state index in [-0.39, 0.29) is 0 Å². The average molecular weight is 250 g/mol. The number of carboxylic acids is 1. The fourth-order valence-electron chi connectivity index (χ4n) is 1.59. The second-order valence-corrected chi connectivity index (χ2v) is 4.96. The van der Waals surface area contributed by atoms with Crippen molar-refractivity contribution in [2.75, 3.05) is 0 Å². The summed E-state index contributed by atoms with van der Waals surface area (Å²) in [5.74, 6) is -1.37. The van der Waals surface area contributed by atoms with Gasteiger partial charge in [0, 0.05) is 0 Å². The molecule has 1 aliphatic heterocycles. The lowest BCUT2D eigenvalue weighted by molar-refractivity contribution is -0.298. The van der Waals surface area contributed by atoms with Crippen LogP contribution in [-0.4, -0.2) is 62.7 Å². The van der Waals surface area contributed by atoms with Crippen molar-refractivity contribution >= 4 is 5.97 Å². The molecule has 0 saturated carbocycles. The molecule has 100 valence electrons. The van der Waals surface area contributed by atoms with Crippen molar-refractivity contribution in [1.82, 2.24) is 0 Å². The van der Waals surface area contributed by atoms with Crippen molar-refractivity contribution in [3.63, 3.8) is 0 Å². The Hall–Kier alpha value is -0.730. The molecule has 1 rings (SSSR count). The van der Waals surface area contributed by atoms with Crippen LogP contribution >= 0.6 is 0 Å². The summed E-state index contributed by atoms with van der Waals surface area (Å²) in [5.41, 5.74) is -0.718. The Morgan fingerprint density at radius 2 is 1.71 bits per heavy atom. The van der Waals surface area contributed by atoms with Crippen molar-refractivity contribution in [3.05, 3.63) is 0 Å². The molecule has 1 aliphatic rings. The first-order valence-corrected chi connectivity index (χ1v) is 5.24. The fraction of sp³-hybridized carbons (Fsp3) is 0.900. The highest BCUT2D eigenvalue weighted by Gasteiger charge is 2.49. The molecule has 0 aromatic rings. The molecule has 17 heavy (non-hydrogen) atoms. The molecular formula is C10H18O7. The van der Waals surface area contributed by atoms with E-state index in [0.717, 1.165) is 0 Å². The first-order chi connectivity index (χ1) is 7.63. The van der Waals surface area contributed by atoms with Crippen LogP contribution in [0.15, 0.2) is 0 Å². The van der Waals surface area contributed by atoms with E-state index < -0.39 is 42.3 Å². The quantitative estimate of drug-likeness (QED) is 0.481. The molecule has 7 nitrogen and oxygen atoms in total. The molecule has 0 radical (unpaired) electrons. The van der Waals surface area contributed by atoms with Crippen LogP contribution in [0.25, 0.3) is 0 Å². The monoisotopic (exact) mass is 250 g/mol. The van der Waals surface area contributed by atoms with E-state index >= 15 is 0 Å². The minimum Gasteiger partial charge on any atom is -0.479 e. The molecule has 0 aliphatic carbocycles. The first kappa shape index (κ1) is 14.3. The summed E-state index contributed by atoms with van der Waals surface area (Å²) in [6.07, 6.45) is -7.64. The number of aliphatic hydroxyl groups excluding tert-OH is 3. The Labute approximate surface area is 98.6 Å². The van der Waals surface area contributed by atoms with E-state index in [1.165, 1.54) is 0 Å². The number of carbonyl (C=O) groups is 1. The van der Waals surface area contributed by atoms with Crippen molar-refractivity contribution in [2.45, 2.75) is 57.1 Å². The van der Waals surface area contributed by atoms with Crippen molar-refractivity contribution < 1.29 is 34.7 Å². The standard InChI is InChI=1S/C10H18O7/c1-10(2,3)17-6-4(11)5(12)9(15)16-7(6)8(13)14/h4-7,9,11-12,15H,1-3H3,(H,13,14)/t4-,5-,6+,7+,9-/m1/s1. The number of carboxylic acid groups (broad SMARTS) is 1.